The van der Waals surface area contributed by atoms with Crippen LogP contribution in [-0.2, 0) is 11.0 Å². The lowest BCUT2D eigenvalue weighted by Crippen LogP contribution is -2.27. The van der Waals surface area contributed by atoms with Crippen LogP contribution in [0.5, 0.6) is 0 Å². The van der Waals surface area contributed by atoms with Crippen LogP contribution in [0.1, 0.15) is 25.0 Å². The molecule has 0 radical (unpaired) electrons. The van der Waals surface area contributed by atoms with Crippen LogP contribution in [0.4, 0.5) is 18.9 Å². The predicted octanol–water partition coefficient (Wildman–Crippen LogP) is 3.94. The van der Waals surface area contributed by atoms with Crippen molar-refractivity contribution in [2.24, 2.45) is 5.92 Å². The fourth-order valence-corrected chi connectivity index (χ4v) is 1.54. The summed E-state index contributed by atoms with van der Waals surface area (Å²) < 4.78 is 37.6. The van der Waals surface area contributed by atoms with Gasteiger partial charge in [-0.3, -0.25) is 4.79 Å². The number of carbonyl (C=O) groups is 1. The summed E-state index contributed by atoms with van der Waals surface area (Å²) in [4.78, 5) is 11.3. The van der Waals surface area contributed by atoms with Crippen LogP contribution >= 0.6 is 15.9 Å². The summed E-state index contributed by atoms with van der Waals surface area (Å²) >= 11 is 3.18. The number of rotatable bonds is 3. The van der Waals surface area contributed by atoms with Crippen molar-refractivity contribution in [1.82, 2.24) is 0 Å². The van der Waals surface area contributed by atoms with E-state index in [0.717, 1.165) is 12.1 Å². The highest BCUT2D eigenvalue weighted by Gasteiger charge is 2.31. The summed E-state index contributed by atoms with van der Waals surface area (Å²) in [7, 11) is 0. The van der Waals surface area contributed by atoms with E-state index in [9.17, 15) is 18.0 Å². The summed E-state index contributed by atoms with van der Waals surface area (Å²) in [5, 5.41) is 11.3. The maximum Gasteiger partial charge on any atom is 0.416 e. The van der Waals surface area contributed by atoms with E-state index in [0.29, 0.717) is 6.07 Å². The molecule has 0 saturated heterocycles. The van der Waals surface area contributed by atoms with E-state index in [1.54, 1.807) is 6.07 Å². The molecule has 7 heteroatoms. The van der Waals surface area contributed by atoms with Gasteiger partial charge in [-0.2, -0.15) is 18.4 Å². The van der Waals surface area contributed by atoms with Gasteiger partial charge in [0.2, 0.25) is 5.91 Å². The van der Waals surface area contributed by atoms with Crippen LogP contribution in [0, 0.1) is 17.2 Å². The molecule has 0 aliphatic heterocycles. The first-order chi connectivity index (χ1) is 9.16. The highest BCUT2D eigenvalue weighted by Crippen LogP contribution is 2.31. The van der Waals surface area contributed by atoms with Gasteiger partial charge in [-0.15, -0.1) is 0 Å². The van der Waals surface area contributed by atoms with E-state index in [1.165, 1.54) is 0 Å². The molecule has 0 aliphatic rings. The van der Waals surface area contributed by atoms with Crippen molar-refractivity contribution in [3.05, 3.63) is 29.3 Å². The molecule has 0 fully saturated rings. The fourth-order valence-electron chi connectivity index (χ4n) is 1.43. The zero-order chi connectivity index (χ0) is 15.5. The van der Waals surface area contributed by atoms with E-state index >= 15 is 0 Å². The number of benzene rings is 1. The largest absolute Gasteiger partial charge is 0.416 e. The molecule has 3 nitrogen and oxygen atoms in total. The highest BCUT2D eigenvalue weighted by atomic mass is 79.9. The Balaban J connectivity index is 3.04. The minimum Gasteiger partial charge on any atom is -0.324 e. The Bertz CT molecular complexity index is 550. The van der Waals surface area contributed by atoms with Gasteiger partial charge >= 0.3 is 6.18 Å². The van der Waals surface area contributed by atoms with Gasteiger partial charge in [0.15, 0.2) is 0 Å². The third kappa shape index (κ3) is 3.97. The van der Waals surface area contributed by atoms with Crippen molar-refractivity contribution in [2.45, 2.75) is 24.9 Å². The normalized spacial score (nSPS) is 12.9. The lowest BCUT2D eigenvalue weighted by atomic mass is 10.1. The zero-order valence-corrected chi connectivity index (χ0v) is 12.3. The standard InChI is InChI=1S/C13H12BrF3N2O/c1-7(2)11(14)12(20)19-10-4-3-9(13(15,16)17)5-8(10)6-18/h3-5,7,11H,1-2H3,(H,19,20). The molecule has 1 amide bonds. The average Bonchev–Trinajstić information content (AvgIpc) is 2.36. The van der Waals surface area contributed by atoms with Crippen LogP contribution in [0.25, 0.3) is 0 Å². The first kappa shape index (κ1) is 16.5. The quantitative estimate of drug-likeness (QED) is 0.841. The molecule has 1 unspecified atom stereocenters. The number of nitriles is 1. The van der Waals surface area contributed by atoms with Gasteiger partial charge in [-0.25, -0.2) is 0 Å². The monoisotopic (exact) mass is 348 g/mol. The predicted molar refractivity (Wildman–Crippen MR) is 72.3 cm³/mol. The van der Waals surface area contributed by atoms with Gasteiger partial charge in [-0.1, -0.05) is 29.8 Å². The molecule has 1 aromatic rings. The fraction of sp³-hybridized carbons (Fsp3) is 0.385. The van der Waals surface area contributed by atoms with Gasteiger partial charge in [-0.05, 0) is 24.1 Å². The third-order valence-corrected chi connectivity index (χ3v) is 4.03. The van der Waals surface area contributed by atoms with Gasteiger partial charge in [0.1, 0.15) is 6.07 Å². The van der Waals surface area contributed by atoms with Crippen molar-refractivity contribution in [3.63, 3.8) is 0 Å². The number of alkyl halides is 4. The topological polar surface area (TPSA) is 52.9 Å². The second-order valence-electron chi connectivity index (χ2n) is 4.50. The van der Waals surface area contributed by atoms with E-state index in [2.05, 4.69) is 21.2 Å². The molecule has 0 aliphatic carbocycles. The molecule has 20 heavy (non-hydrogen) atoms. The van der Waals surface area contributed by atoms with E-state index in [-0.39, 0.29) is 17.2 Å². The summed E-state index contributed by atoms with van der Waals surface area (Å²) in [6.07, 6.45) is -4.52. The minimum atomic E-state index is -4.52. The van der Waals surface area contributed by atoms with Crippen LogP contribution < -0.4 is 5.32 Å². The Hall–Kier alpha value is -1.55. The second-order valence-corrected chi connectivity index (χ2v) is 5.49. The SMILES string of the molecule is CC(C)C(Br)C(=O)Nc1ccc(C(F)(F)F)cc1C#N. The molecule has 1 rings (SSSR count). The van der Waals surface area contributed by atoms with Crippen LogP contribution in [0.2, 0.25) is 0 Å². The molecule has 1 aromatic carbocycles. The van der Waals surface area contributed by atoms with Gasteiger partial charge in [0.05, 0.1) is 21.6 Å². The Kier molecular flexibility index (Phi) is 5.17. The molecule has 0 bridgehead atoms. The molecule has 0 aromatic heterocycles. The van der Waals surface area contributed by atoms with Crippen molar-refractivity contribution in [1.29, 1.82) is 5.26 Å². The van der Waals surface area contributed by atoms with Crippen LogP contribution in [0.15, 0.2) is 18.2 Å². The van der Waals surface area contributed by atoms with Crippen molar-refractivity contribution >= 4 is 27.5 Å². The zero-order valence-electron chi connectivity index (χ0n) is 10.8. The lowest BCUT2D eigenvalue weighted by molar-refractivity contribution is -0.137. The molecule has 0 heterocycles. The lowest BCUT2D eigenvalue weighted by Gasteiger charge is -2.15. The first-order valence-corrected chi connectivity index (χ1v) is 6.64. The summed E-state index contributed by atoms with van der Waals surface area (Å²) in [6.45, 7) is 3.63. The first-order valence-electron chi connectivity index (χ1n) is 5.73. The molecule has 0 saturated carbocycles. The number of nitrogens with zero attached hydrogens (tertiary/aromatic N) is 1. The summed E-state index contributed by atoms with van der Waals surface area (Å²) in [6, 6.07) is 4.28. The van der Waals surface area contributed by atoms with Gasteiger partial charge < -0.3 is 5.32 Å². The van der Waals surface area contributed by atoms with Gasteiger partial charge in [0, 0.05) is 0 Å². The Morgan fingerprint density at radius 1 is 1.40 bits per heavy atom. The Morgan fingerprint density at radius 2 is 2.00 bits per heavy atom. The number of hydrogen-bond acceptors (Lipinski definition) is 2. The molecular weight excluding hydrogens is 337 g/mol. The smallest absolute Gasteiger partial charge is 0.324 e. The molecule has 1 atom stereocenters. The van der Waals surface area contributed by atoms with Crippen molar-refractivity contribution in [2.75, 3.05) is 5.32 Å². The van der Waals surface area contributed by atoms with Crippen molar-refractivity contribution < 1.29 is 18.0 Å². The number of hydrogen-bond donors (Lipinski definition) is 1. The number of anilines is 1. The van der Waals surface area contributed by atoms with Crippen LogP contribution in [0.3, 0.4) is 0 Å². The third-order valence-electron chi connectivity index (χ3n) is 2.56. The van der Waals surface area contributed by atoms with E-state index in [1.807, 2.05) is 13.8 Å². The van der Waals surface area contributed by atoms with E-state index < -0.39 is 22.5 Å². The Morgan fingerprint density at radius 3 is 2.45 bits per heavy atom. The van der Waals surface area contributed by atoms with E-state index in [4.69, 9.17) is 5.26 Å². The van der Waals surface area contributed by atoms with Gasteiger partial charge in [0.25, 0.3) is 0 Å². The minimum absolute atomic E-state index is 0.00924. The average molecular weight is 349 g/mol. The molecule has 0 spiro atoms. The number of nitrogens with one attached hydrogen (secondary N) is 1. The summed E-state index contributed by atoms with van der Waals surface area (Å²) in [5.74, 6) is -0.397. The highest BCUT2D eigenvalue weighted by molar-refractivity contribution is 9.10. The van der Waals surface area contributed by atoms with Crippen molar-refractivity contribution in [3.8, 4) is 6.07 Å². The number of halogens is 4. The number of carbonyl (C=O) groups excluding carboxylic acids is 1. The molecule has 1 N–H and O–H groups in total. The summed E-state index contributed by atoms with van der Waals surface area (Å²) in [5.41, 5.74) is -1.08. The molecule has 108 valence electrons. The number of amides is 1. The Labute approximate surface area is 122 Å². The maximum atomic E-state index is 12.5. The molecular formula is C13H12BrF3N2O. The van der Waals surface area contributed by atoms with Crippen LogP contribution in [-0.4, -0.2) is 10.7 Å². The second kappa shape index (κ2) is 6.27. The maximum absolute atomic E-state index is 12.5.